The number of aliphatic carboxylic acids is 1. The van der Waals surface area contributed by atoms with Crippen LogP contribution in [-0.4, -0.2) is 184 Å². The molecule has 0 saturated carbocycles. The van der Waals surface area contributed by atoms with E-state index < -0.39 is 64.9 Å². The third-order valence-electron chi connectivity index (χ3n) is 18.3. The number of thiophene rings is 3. The van der Waals surface area contributed by atoms with Gasteiger partial charge in [0.1, 0.15) is 80.0 Å². The number of fused-ring (bicyclic) bond motifs is 3. The molecule has 0 aliphatic rings. The van der Waals surface area contributed by atoms with Crippen molar-refractivity contribution in [1.82, 2.24) is 70.4 Å². The number of aromatic amines is 6. The van der Waals surface area contributed by atoms with Gasteiger partial charge >= 0.3 is 41.8 Å². The van der Waals surface area contributed by atoms with Gasteiger partial charge < -0.3 is 76.7 Å². The van der Waals surface area contributed by atoms with Crippen molar-refractivity contribution >= 4 is 203 Å². The predicted octanol–water partition coefficient (Wildman–Crippen LogP) is 14.0. The standard InChI is InChI=1S/C30H36N6O6S3.C26H28N6O6S3.C17H25NO4S2.C14H14N4O3S/c1-30(2,3)42-28(40)20(11-13-23(37)41-15-16-43-45-22-9-4-5-14-32-22)34-26(38)21-12-10-19(44-21)8-6-7-18-17-33-25-24(18)27(39)36-29(31)35-25;27-26-31-22-21(24(35)32-26)15(14-29-22)4-3-5-16-7-9-18(40-16)23(34)30-17(25(36)37)8-10-20(33)38-12-13-39-41-19-6-1-2-11-28-19;1-13(16(20)22-17(2,3)4)8-9-15(19)21-11-12-23-24-14-7-5-6-10-18-14;15-14-17-11-10(12(19)18-14)7(6-16-11)2-1-3-8-4-5-9(22-8)13(20)21/h4-5,9-10,12,14,17,20H,6-8,11,13,15-16H2,1-3H3,(H,34,38)(H4,31,33,35,36,39);1-2,6-7,9,11,14,17H,3-5,8,10,12-13H2,(H,30,34)(H,36,37)(H4,27,29,31,32,35);5-7,10,13H,8-9,11-12H2,1-4H3;4-6H,1-3H2,(H,20,21)(H4,15,16,17,18,19)/t20-;17-;13-;/m000./s1. The summed E-state index contributed by atoms with van der Waals surface area (Å²) in [5.74, 6) is -3.54. The van der Waals surface area contributed by atoms with Crippen molar-refractivity contribution in [2.24, 2.45) is 5.92 Å². The van der Waals surface area contributed by atoms with Crippen LogP contribution in [0.25, 0.3) is 33.1 Å². The molecule has 0 fully saturated rings. The average molecular weight is 1980 g/mol. The third kappa shape index (κ3) is 35.9. The Balaban J connectivity index is 0.000000207. The van der Waals surface area contributed by atoms with E-state index in [-0.39, 0.29) is 97.7 Å². The molecule has 0 aliphatic carbocycles. The molecule has 132 heavy (non-hydrogen) atoms. The van der Waals surface area contributed by atoms with Gasteiger partial charge in [-0.05, 0) is 240 Å². The molecule has 0 spiro atoms. The molecule has 12 rings (SSSR count). The molecule has 12 heterocycles. The van der Waals surface area contributed by atoms with Crippen LogP contribution in [0.2, 0.25) is 0 Å². The molecular weight excluding hydrogens is 1880 g/mol. The maximum atomic E-state index is 13.1. The Bertz CT molecular complexity index is 6010. The van der Waals surface area contributed by atoms with Crippen molar-refractivity contribution in [3.05, 3.63) is 205 Å². The Morgan fingerprint density at radius 1 is 0.439 bits per heavy atom. The number of nitrogen functional groups attached to an aromatic ring is 3. The lowest BCUT2D eigenvalue weighted by molar-refractivity contribution is -0.160. The third-order valence-corrected chi connectivity index (χ3v) is 28.4. The Labute approximate surface area is 793 Å². The molecule has 3 atom stereocenters. The zero-order valence-electron chi connectivity index (χ0n) is 73.1. The number of rotatable bonds is 44. The highest BCUT2D eigenvalue weighted by molar-refractivity contribution is 8.77. The number of hydrogen-bond donors (Lipinski definition) is 13. The van der Waals surface area contributed by atoms with Crippen LogP contribution in [0, 0.1) is 5.92 Å². The quantitative estimate of drug-likeness (QED) is 0.00730. The second-order valence-corrected chi connectivity index (χ2v) is 41.8. The van der Waals surface area contributed by atoms with Gasteiger partial charge in [0.25, 0.3) is 28.5 Å². The largest absolute Gasteiger partial charge is 0.480 e. The smallest absolute Gasteiger partial charge is 0.345 e. The van der Waals surface area contributed by atoms with Crippen molar-refractivity contribution in [2.45, 2.75) is 183 Å². The van der Waals surface area contributed by atoms with Gasteiger partial charge in [0.15, 0.2) is 0 Å². The van der Waals surface area contributed by atoms with E-state index in [9.17, 15) is 62.6 Å². The maximum Gasteiger partial charge on any atom is 0.345 e. The summed E-state index contributed by atoms with van der Waals surface area (Å²) in [7, 11) is 9.13. The van der Waals surface area contributed by atoms with Crippen molar-refractivity contribution in [3.8, 4) is 0 Å². The number of nitrogens with one attached hydrogen (secondary N) is 8. The van der Waals surface area contributed by atoms with E-state index in [1.54, 1.807) is 105 Å². The SMILES string of the molecule is CC(C)(C)OC(=O)[C@H](CCC(=O)OCCSSc1ccccn1)NC(=O)c1ccc(CCCc2c[nH]c3nc(N)[nH]c(=O)c23)s1.C[C@@H](CCC(=O)OCCSSc1ccccn1)C(=O)OC(C)(C)C.Nc1nc2[nH]cc(CCCc3ccc(C(=O)N[C@@H](CCC(=O)OCCSSc4ccccn4)C(=O)O)s3)c2c(=O)[nH]1.Nc1nc2[nH]cc(CCCc3ccc(C(=O)O)s3)c2c(=O)[nH]1. The van der Waals surface area contributed by atoms with E-state index in [2.05, 4.69) is 70.4 Å². The number of ether oxygens (including phenoxy) is 5. The number of nitrogens with zero attached hydrogens (tertiary/aromatic N) is 6. The minimum Gasteiger partial charge on any atom is -0.480 e. The Morgan fingerprint density at radius 2 is 0.773 bits per heavy atom. The number of H-pyrrole nitrogens is 6. The van der Waals surface area contributed by atoms with Gasteiger partial charge in [-0.1, -0.05) is 57.5 Å². The number of esters is 5. The number of carboxylic acid groups (broad SMARTS) is 2. The number of aromatic carboxylic acids is 1. The average Bonchev–Trinajstić information content (AvgIpc) is 1.66. The van der Waals surface area contributed by atoms with Crippen molar-refractivity contribution < 1.29 is 77.0 Å². The van der Waals surface area contributed by atoms with E-state index >= 15 is 0 Å². The number of nitrogens with two attached hydrogens (primary N) is 3. The zero-order valence-corrected chi connectivity index (χ0v) is 80.5. The number of carbonyl (C=O) groups excluding carboxylic acids is 7. The van der Waals surface area contributed by atoms with Crippen LogP contribution in [0.3, 0.4) is 0 Å². The first-order chi connectivity index (χ1) is 63.1. The molecule has 0 bridgehead atoms. The fraction of sp³-hybridized carbons (Fsp3) is 0.379. The molecule has 45 heteroatoms. The zero-order chi connectivity index (χ0) is 95.3. The molecule has 0 unspecified atom stereocenters. The molecule has 16 N–H and O–H groups in total. The van der Waals surface area contributed by atoms with E-state index in [0.29, 0.717) is 110 Å². The topological polar surface area (TPSA) is 566 Å². The molecule has 12 aromatic heterocycles. The summed E-state index contributed by atoms with van der Waals surface area (Å²) in [5, 5.41) is 27.8. The van der Waals surface area contributed by atoms with E-state index in [1.165, 1.54) is 77.2 Å². The van der Waals surface area contributed by atoms with Crippen molar-refractivity contribution in [2.75, 3.05) is 54.3 Å². The van der Waals surface area contributed by atoms with Crippen LogP contribution in [0.5, 0.6) is 0 Å². The summed E-state index contributed by atoms with van der Waals surface area (Å²) in [6, 6.07) is 25.2. The summed E-state index contributed by atoms with van der Waals surface area (Å²) in [4.78, 5) is 191. The van der Waals surface area contributed by atoms with Crippen LogP contribution < -0.4 is 44.5 Å². The summed E-state index contributed by atoms with van der Waals surface area (Å²) < 4.78 is 26.5. The lowest BCUT2D eigenvalue weighted by atomic mass is 10.1. The molecule has 36 nitrogen and oxygen atoms in total. The van der Waals surface area contributed by atoms with Gasteiger partial charge in [-0.15, -0.1) is 34.0 Å². The summed E-state index contributed by atoms with van der Waals surface area (Å²) in [5.41, 5.74) is 18.5. The van der Waals surface area contributed by atoms with E-state index in [0.717, 1.165) is 72.1 Å². The number of anilines is 3. The predicted molar refractivity (Wildman–Crippen MR) is 519 cm³/mol. The Hall–Kier alpha value is -11.5. The van der Waals surface area contributed by atoms with Gasteiger partial charge in [0.05, 0.1) is 31.8 Å². The maximum absolute atomic E-state index is 13.1. The van der Waals surface area contributed by atoms with Crippen molar-refractivity contribution in [1.29, 1.82) is 0 Å². The van der Waals surface area contributed by atoms with E-state index in [1.807, 2.05) is 93.6 Å². The molecule has 12 aromatic rings. The number of carbonyl (C=O) groups is 9. The molecule has 2 amide bonds. The minimum atomic E-state index is -1.23. The number of amides is 2. The van der Waals surface area contributed by atoms with Gasteiger partial charge in [0.2, 0.25) is 17.8 Å². The lowest BCUT2D eigenvalue weighted by Gasteiger charge is -2.24. The van der Waals surface area contributed by atoms with Gasteiger partial charge in [-0.2, -0.15) is 15.0 Å². The molecular formula is C87H103N17O19S9. The molecule has 0 aromatic carbocycles. The highest BCUT2D eigenvalue weighted by Crippen LogP contribution is 2.32. The molecule has 0 aliphatic heterocycles. The monoisotopic (exact) mass is 1980 g/mol. The molecule has 0 radical (unpaired) electrons. The number of hydrogen-bond acceptors (Lipinski definition) is 35. The first-order valence-corrected chi connectivity index (χ1v) is 51.0. The van der Waals surface area contributed by atoms with Crippen LogP contribution >= 0.6 is 98.8 Å². The van der Waals surface area contributed by atoms with Gasteiger partial charge in [-0.3, -0.25) is 58.1 Å². The van der Waals surface area contributed by atoms with Crippen LogP contribution in [0.4, 0.5) is 17.8 Å². The normalized spacial score (nSPS) is 11.9. The highest BCUT2D eigenvalue weighted by atomic mass is 33.1. The summed E-state index contributed by atoms with van der Waals surface area (Å²) in [6.07, 6.45) is 17.2. The number of pyridine rings is 3. The fourth-order valence-electron chi connectivity index (χ4n) is 12.2. The second-order valence-electron chi connectivity index (χ2n) is 31.0. The first-order valence-electron chi connectivity index (χ1n) is 41.6. The number of aryl methyl sites for hydroxylation is 6. The van der Waals surface area contributed by atoms with Gasteiger partial charge in [-0.25, -0.2) is 29.3 Å². The summed E-state index contributed by atoms with van der Waals surface area (Å²) >= 11 is 3.87. The van der Waals surface area contributed by atoms with E-state index in [4.69, 9.17) is 46.0 Å². The van der Waals surface area contributed by atoms with Crippen LogP contribution in [0.15, 0.2) is 158 Å². The van der Waals surface area contributed by atoms with Crippen molar-refractivity contribution in [3.63, 3.8) is 0 Å². The Kier molecular flexibility index (Phi) is 41.6. The molecule has 704 valence electrons. The Morgan fingerprint density at radius 3 is 1.11 bits per heavy atom. The minimum absolute atomic E-state index is 0.0395. The highest BCUT2D eigenvalue weighted by Gasteiger charge is 2.30. The molecule has 0 saturated heterocycles. The van der Waals surface area contributed by atoms with Crippen LogP contribution in [0.1, 0.15) is 167 Å². The fourth-order valence-corrected chi connectivity index (χ4v) is 20.1. The number of carboxylic acids is 2. The second kappa shape index (κ2) is 52.7. The lowest BCUT2D eigenvalue weighted by Crippen LogP contribution is -2.44. The van der Waals surface area contributed by atoms with Crippen LogP contribution in [-0.2, 0) is 91.0 Å². The summed E-state index contributed by atoms with van der Waals surface area (Å²) in [6.45, 7) is 13.2. The first kappa shape index (κ1) is 104. The van der Waals surface area contributed by atoms with Gasteiger partial charge in [0, 0.05) is 88.3 Å². The number of aromatic nitrogens is 12.